The van der Waals surface area contributed by atoms with Crippen molar-refractivity contribution in [3.63, 3.8) is 0 Å². The number of alkyl halides is 3. The predicted octanol–water partition coefficient (Wildman–Crippen LogP) is 2.52. The zero-order valence-electron chi connectivity index (χ0n) is 19.3. The highest BCUT2D eigenvalue weighted by atomic mass is 19.4. The molecule has 1 fully saturated rings. The first-order valence-electron chi connectivity index (χ1n) is 11.3. The van der Waals surface area contributed by atoms with Crippen molar-refractivity contribution >= 4 is 17.5 Å². The van der Waals surface area contributed by atoms with E-state index in [0.29, 0.717) is 0 Å². The summed E-state index contributed by atoms with van der Waals surface area (Å²) in [5, 5.41) is 4.32. The van der Waals surface area contributed by atoms with Crippen molar-refractivity contribution in [2.24, 2.45) is 0 Å². The molecule has 1 aromatic carbocycles. The zero-order valence-corrected chi connectivity index (χ0v) is 19.3. The van der Waals surface area contributed by atoms with E-state index in [9.17, 15) is 27.2 Å². The van der Waals surface area contributed by atoms with Gasteiger partial charge in [0, 0.05) is 31.8 Å². The van der Waals surface area contributed by atoms with E-state index >= 15 is 0 Å². The maximum Gasteiger partial charge on any atom is 0.424 e. The largest absolute Gasteiger partial charge is 0.424 e. The number of imidazole rings is 1. The molecule has 4 aromatic rings. The monoisotopic (exact) mass is 512 g/mol. The van der Waals surface area contributed by atoms with Crippen molar-refractivity contribution in [3.8, 4) is 11.3 Å². The number of piperazine rings is 1. The molecule has 6 rings (SSSR count). The minimum absolute atomic E-state index is 0.0214. The van der Waals surface area contributed by atoms with Crippen molar-refractivity contribution in [2.45, 2.75) is 18.8 Å². The fourth-order valence-corrected chi connectivity index (χ4v) is 5.12. The average Bonchev–Trinajstić information content (AvgIpc) is 3.36. The molecular formula is C24H18F4N7O2+. The highest BCUT2D eigenvalue weighted by Gasteiger charge is 2.58. The minimum Gasteiger partial charge on any atom is -0.329 e. The molecule has 0 aliphatic carbocycles. The molecule has 3 aromatic heterocycles. The van der Waals surface area contributed by atoms with Crippen LogP contribution >= 0.6 is 0 Å². The van der Waals surface area contributed by atoms with Crippen LogP contribution in [0.25, 0.3) is 16.9 Å². The van der Waals surface area contributed by atoms with Gasteiger partial charge in [-0.15, -0.1) is 0 Å². The van der Waals surface area contributed by atoms with Gasteiger partial charge in [0.05, 0.1) is 6.54 Å². The third-order valence-electron chi connectivity index (χ3n) is 6.80. The Balaban J connectivity index is 1.51. The van der Waals surface area contributed by atoms with Gasteiger partial charge in [0.15, 0.2) is 6.20 Å². The Morgan fingerprint density at radius 3 is 2.57 bits per heavy atom. The topological polar surface area (TPSA) is 87.6 Å². The minimum atomic E-state index is -4.80. The third kappa shape index (κ3) is 3.44. The molecule has 1 atom stereocenters. The van der Waals surface area contributed by atoms with Crippen molar-refractivity contribution in [2.75, 3.05) is 19.6 Å². The predicted molar refractivity (Wildman–Crippen MR) is 118 cm³/mol. The fourth-order valence-electron chi connectivity index (χ4n) is 5.12. The summed E-state index contributed by atoms with van der Waals surface area (Å²) in [6.07, 6.45) is -0.875. The molecule has 1 saturated heterocycles. The molecule has 1 unspecified atom stereocenters. The molecule has 5 heterocycles. The van der Waals surface area contributed by atoms with E-state index in [0.717, 1.165) is 22.7 Å². The number of rotatable bonds is 2. The van der Waals surface area contributed by atoms with Crippen LogP contribution in [0.3, 0.4) is 0 Å². The smallest absolute Gasteiger partial charge is 0.329 e. The van der Waals surface area contributed by atoms with Crippen molar-refractivity contribution < 1.29 is 31.7 Å². The average molecular weight is 512 g/mol. The Labute approximate surface area is 206 Å². The van der Waals surface area contributed by atoms with Gasteiger partial charge >= 0.3 is 17.7 Å². The number of hydrogen-bond acceptors (Lipinski definition) is 5. The van der Waals surface area contributed by atoms with Gasteiger partial charge in [-0.25, -0.2) is 14.4 Å². The summed E-state index contributed by atoms with van der Waals surface area (Å²) in [4.78, 5) is 37.1. The Morgan fingerprint density at radius 2 is 1.89 bits per heavy atom. The number of benzene rings is 1. The lowest BCUT2D eigenvalue weighted by Crippen LogP contribution is -2.69. The number of aromatic nitrogens is 5. The van der Waals surface area contributed by atoms with E-state index in [1.807, 2.05) is 0 Å². The van der Waals surface area contributed by atoms with Gasteiger partial charge in [-0.2, -0.15) is 17.7 Å². The maximum absolute atomic E-state index is 14.4. The molecule has 0 radical (unpaired) electrons. The molecule has 2 amide bonds. The van der Waals surface area contributed by atoms with Gasteiger partial charge < -0.3 is 4.90 Å². The first-order chi connectivity index (χ1) is 17.6. The second kappa shape index (κ2) is 7.79. The Morgan fingerprint density at radius 1 is 1.14 bits per heavy atom. The Hall–Kier alpha value is -4.42. The Bertz CT molecular complexity index is 1570. The van der Waals surface area contributed by atoms with Gasteiger partial charge in [0.1, 0.15) is 29.1 Å². The van der Waals surface area contributed by atoms with E-state index in [4.69, 9.17) is 0 Å². The lowest BCUT2D eigenvalue weighted by molar-refractivity contribution is -0.749. The first-order valence-corrected chi connectivity index (χ1v) is 11.3. The number of halogens is 4. The van der Waals surface area contributed by atoms with Gasteiger partial charge in [0.25, 0.3) is 5.91 Å². The van der Waals surface area contributed by atoms with Crippen LogP contribution in [0.4, 0.5) is 17.6 Å². The summed E-state index contributed by atoms with van der Waals surface area (Å²) < 4.78 is 58.9. The number of carbonyl (C=O) groups is 2. The summed E-state index contributed by atoms with van der Waals surface area (Å²) in [6, 6.07) is 7.27. The van der Waals surface area contributed by atoms with Gasteiger partial charge in [-0.05, 0) is 36.4 Å². The molecular weight excluding hydrogens is 494 g/mol. The SMILES string of the molecule is CC12CN(C(=O)c3ccncn3)CCN1C(=O)c1cn3nc(-c4ccc(F)cc4)cc(C(F)(F)F)c3[n+]12. The van der Waals surface area contributed by atoms with Crippen LogP contribution < -0.4 is 4.57 Å². The molecule has 0 spiro atoms. The quantitative estimate of drug-likeness (QED) is 0.304. The van der Waals surface area contributed by atoms with Crippen LogP contribution in [0.2, 0.25) is 0 Å². The summed E-state index contributed by atoms with van der Waals surface area (Å²) in [7, 11) is 0. The molecule has 2 aliphatic rings. The number of amides is 2. The molecule has 0 N–H and O–H groups in total. The van der Waals surface area contributed by atoms with Gasteiger partial charge in [-0.3, -0.25) is 14.5 Å². The fraction of sp³-hybridized carbons (Fsp3) is 0.250. The van der Waals surface area contributed by atoms with Crippen LogP contribution in [-0.4, -0.2) is 60.8 Å². The zero-order chi connectivity index (χ0) is 26.1. The third-order valence-corrected chi connectivity index (χ3v) is 6.80. The Kier molecular flexibility index (Phi) is 4.84. The highest BCUT2D eigenvalue weighted by molar-refractivity contribution is 5.94. The molecule has 13 heteroatoms. The van der Waals surface area contributed by atoms with Crippen LogP contribution in [0.5, 0.6) is 0 Å². The van der Waals surface area contributed by atoms with E-state index in [2.05, 4.69) is 15.1 Å². The number of fused-ring (bicyclic) bond motifs is 5. The van der Waals surface area contributed by atoms with E-state index < -0.39 is 35.0 Å². The summed E-state index contributed by atoms with van der Waals surface area (Å²) >= 11 is 0. The first kappa shape index (κ1) is 23.0. The van der Waals surface area contributed by atoms with Crippen LogP contribution in [-0.2, 0) is 11.8 Å². The molecule has 0 bridgehead atoms. The van der Waals surface area contributed by atoms with E-state index in [1.54, 1.807) is 6.92 Å². The molecule has 0 saturated carbocycles. The summed E-state index contributed by atoms with van der Waals surface area (Å²) in [5.74, 6) is -1.41. The maximum atomic E-state index is 14.4. The molecule has 9 nitrogen and oxygen atoms in total. The second-order valence-corrected chi connectivity index (χ2v) is 9.06. The number of hydrogen-bond donors (Lipinski definition) is 0. The summed E-state index contributed by atoms with van der Waals surface area (Å²) in [6.45, 7) is 1.88. The van der Waals surface area contributed by atoms with Gasteiger partial charge in [-0.1, -0.05) is 9.61 Å². The van der Waals surface area contributed by atoms with Crippen molar-refractivity contribution in [3.05, 3.63) is 77.9 Å². The lowest BCUT2D eigenvalue weighted by Gasteiger charge is -2.42. The molecule has 188 valence electrons. The normalized spacial score (nSPS) is 19.3. The van der Waals surface area contributed by atoms with Crippen LogP contribution in [0, 0.1) is 5.82 Å². The number of carbonyl (C=O) groups excluding carboxylic acids is 2. The van der Waals surface area contributed by atoms with Crippen LogP contribution in [0.1, 0.15) is 33.5 Å². The summed E-state index contributed by atoms with van der Waals surface area (Å²) in [5.41, 5.74) is -2.23. The molecule has 2 aliphatic heterocycles. The van der Waals surface area contributed by atoms with Crippen molar-refractivity contribution in [1.29, 1.82) is 0 Å². The van der Waals surface area contributed by atoms with Crippen molar-refractivity contribution in [1.82, 2.24) is 29.4 Å². The lowest BCUT2D eigenvalue weighted by atomic mass is 10.1. The standard InChI is InChI=1S/C24H18F4N7O2/c1-23-12-32(21(36)17-6-7-29-13-30-17)8-9-33(23)22(37)19-11-34-20(35(19)23)16(24(26,27)28)10-18(31-34)14-2-4-15(25)5-3-14/h2-7,10-11,13H,8-9,12H2,1H3/q+1. The van der Waals surface area contributed by atoms with E-state index in [-0.39, 0.29) is 47.9 Å². The van der Waals surface area contributed by atoms with E-state index in [1.165, 1.54) is 51.3 Å². The van der Waals surface area contributed by atoms with Gasteiger partial charge in [0.2, 0.25) is 11.4 Å². The highest BCUT2D eigenvalue weighted by Crippen LogP contribution is 2.38. The second-order valence-electron chi connectivity index (χ2n) is 9.06. The number of nitrogens with zero attached hydrogens (tertiary/aromatic N) is 7. The van der Waals surface area contributed by atoms with Crippen LogP contribution in [0.15, 0.2) is 55.1 Å². The molecule has 37 heavy (non-hydrogen) atoms.